The fourth-order valence-electron chi connectivity index (χ4n) is 2.86. The van der Waals surface area contributed by atoms with Crippen molar-refractivity contribution in [1.82, 2.24) is 0 Å². The third kappa shape index (κ3) is 1.79. The molecule has 1 atom stereocenters. The van der Waals surface area contributed by atoms with Gasteiger partial charge in [-0.3, -0.25) is 10.1 Å². The lowest BCUT2D eigenvalue weighted by Crippen LogP contribution is -2.34. The summed E-state index contributed by atoms with van der Waals surface area (Å²) in [5.41, 5.74) is 2.07. The van der Waals surface area contributed by atoms with Crippen LogP contribution in [-0.2, 0) is 21.7 Å². The average Bonchev–Trinajstić information content (AvgIpc) is 2.77. The van der Waals surface area contributed by atoms with Gasteiger partial charge in [0, 0.05) is 16.9 Å². The molecule has 5 nitrogen and oxygen atoms in total. The number of hydrogen-bond donors (Lipinski definition) is 0. The molecular formula is C13H15NO4. The van der Waals surface area contributed by atoms with E-state index in [9.17, 15) is 10.1 Å². The van der Waals surface area contributed by atoms with Gasteiger partial charge in [-0.25, -0.2) is 0 Å². The molecule has 0 radical (unpaired) electrons. The van der Waals surface area contributed by atoms with Gasteiger partial charge in [0.25, 0.3) is 0 Å². The normalized spacial score (nSPS) is 25.7. The summed E-state index contributed by atoms with van der Waals surface area (Å²) in [5.74, 6) is -0.898. The second-order valence-corrected chi connectivity index (χ2v) is 4.79. The van der Waals surface area contributed by atoms with Crippen LogP contribution in [0.25, 0.3) is 0 Å². The first-order chi connectivity index (χ1) is 8.71. The van der Waals surface area contributed by atoms with Crippen LogP contribution in [0.1, 0.15) is 24.0 Å². The summed E-state index contributed by atoms with van der Waals surface area (Å²) in [6, 6.07) is 7.25. The number of fused-ring (bicyclic) bond motifs is 2. The van der Waals surface area contributed by atoms with Gasteiger partial charge in [-0.15, -0.1) is 0 Å². The van der Waals surface area contributed by atoms with E-state index < -0.39 is 11.8 Å². The first kappa shape index (κ1) is 11.6. The monoisotopic (exact) mass is 249 g/mol. The molecule has 1 aromatic carbocycles. The van der Waals surface area contributed by atoms with Crippen LogP contribution in [0.5, 0.6) is 0 Å². The van der Waals surface area contributed by atoms with Crippen LogP contribution in [0.4, 0.5) is 0 Å². The van der Waals surface area contributed by atoms with Crippen LogP contribution < -0.4 is 0 Å². The molecule has 0 bridgehead atoms. The number of benzene rings is 1. The zero-order chi connectivity index (χ0) is 12.6. The SMILES string of the molecule is O=[N+]([O-])C1CCc2ccccc2C2(C1)OCCO2. The van der Waals surface area contributed by atoms with E-state index in [0.29, 0.717) is 32.5 Å². The van der Waals surface area contributed by atoms with Crippen molar-refractivity contribution in [2.45, 2.75) is 31.1 Å². The molecule has 1 fully saturated rings. The highest BCUT2D eigenvalue weighted by molar-refractivity contribution is 5.33. The molecule has 1 saturated heterocycles. The Labute approximate surface area is 105 Å². The van der Waals surface area contributed by atoms with E-state index in [2.05, 4.69) is 0 Å². The molecule has 3 rings (SSSR count). The quantitative estimate of drug-likeness (QED) is 0.563. The van der Waals surface area contributed by atoms with Gasteiger partial charge in [0.1, 0.15) is 0 Å². The average molecular weight is 249 g/mol. The van der Waals surface area contributed by atoms with Gasteiger partial charge in [0.2, 0.25) is 11.8 Å². The summed E-state index contributed by atoms with van der Waals surface area (Å²) < 4.78 is 11.5. The minimum atomic E-state index is -0.898. The zero-order valence-corrected chi connectivity index (χ0v) is 10.0. The predicted molar refractivity (Wildman–Crippen MR) is 63.7 cm³/mol. The maximum atomic E-state index is 11.1. The largest absolute Gasteiger partial charge is 0.343 e. The Morgan fingerprint density at radius 3 is 2.72 bits per heavy atom. The first-order valence-corrected chi connectivity index (χ1v) is 6.21. The molecule has 96 valence electrons. The highest BCUT2D eigenvalue weighted by Gasteiger charge is 2.47. The van der Waals surface area contributed by atoms with Crippen molar-refractivity contribution in [2.24, 2.45) is 0 Å². The standard InChI is InChI=1S/C13H15NO4/c15-14(16)11-6-5-10-3-1-2-4-12(10)13(9-11)17-7-8-18-13/h1-4,11H,5-9H2. The topological polar surface area (TPSA) is 61.6 Å². The van der Waals surface area contributed by atoms with Gasteiger partial charge >= 0.3 is 0 Å². The van der Waals surface area contributed by atoms with Crippen molar-refractivity contribution in [1.29, 1.82) is 0 Å². The summed E-state index contributed by atoms with van der Waals surface area (Å²) in [6.07, 6.45) is 1.55. The highest BCUT2D eigenvalue weighted by atomic mass is 16.7. The molecular weight excluding hydrogens is 234 g/mol. The molecule has 1 aliphatic carbocycles. The third-order valence-corrected chi connectivity index (χ3v) is 3.73. The van der Waals surface area contributed by atoms with E-state index in [1.54, 1.807) is 0 Å². The fraction of sp³-hybridized carbons (Fsp3) is 0.538. The zero-order valence-electron chi connectivity index (χ0n) is 10.0. The van der Waals surface area contributed by atoms with Crippen molar-refractivity contribution in [3.63, 3.8) is 0 Å². The second-order valence-electron chi connectivity index (χ2n) is 4.79. The van der Waals surface area contributed by atoms with Gasteiger partial charge in [0.05, 0.1) is 19.6 Å². The minimum Gasteiger partial charge on any atom is -0.343 e. The van der Waals surface area contributed by atoms with Crippen LogP contribution >= 0.6 is 0 Å². The van der Waals surface area contributed by atoms with Crippen molar-refractivity contribution >= 4 is 0 Å². The number of hydrogen-bond acceptors (Lipinski definition) is 4. The number of ether oxygens (including phenoxy) is 2. The lowest BCUT2D eigenvalue weighted by Gasteiger charge is -2.28. The van der Waals surface area contributed by atoms with Crippen LogP contribution in [-0.4, -0.2) is 24.2 Å². The maximum absolute atomic E-state index is 11.1. The van der Waals surface area contributed by atoms with E-state index in [1.807, 2.05) is 24.3 Å². The highest BCUT2D eigenvalue weighted by Crippen LogP contribution is 2.41. The van der Waals surface area contributed by atoms with Gasteiger partial charge in [-0.1, -0.05) is 24.3 Å². The molecule has 0 saturated carbocycles. The van der Waals surface area contributed by atoms with Gasteiger partial charge in [-0.05, 0) is 12.0 Å². The van der Waals surface area contributed by atoms with Gasteiger partial charge in [0.15, 0.2) is 0 Å². The third-order valence-electron chi connectivity index (χ3n) is 3.73. The Kier molecular flexibility index (Phi) is 2.80. The molecule has 18 heavy (non-hydrogen) atoms. The number of rotatable bonds is 1. The van der Waals surface area contributed by atoms with Crippen LogP contribution in [0, 0.1) is 10.1 Å². The second kappa shape index (κ2) is 4.33. The maximum Gasteiger partial charge on any atom is 0.219 e. The summed E-state index contributed by atoms with van der Waals surface area (Å²) >= 11 is 0. The summed E-state index contributed by atoms with van der Waals surface area (Å²) in [7, 11) is 0. The Morgan fingerprint density at radius 2 is 2.00 bits per heavy atom. The van der Waals surface area contributed by atoms with Crippen LogP contribution in [0.3, 0.4) is 0 Å². The van der Waals surface area contributed by atoms with Crippen molar-refractivity contribution in [3.05, 3.63) is 45.5 Å². The van der Waals surface area contributed by atoms with Gasteiger partial charge < -0.3 is 9.47 Å². The predicted octanol–water partition coefficient (Wildman–Crippen LogP) is 1.87. The Bertz CT molecular complexity index is 468. The van der Waals surface area contributed by atoms with Gasteiger partial charge in [-0.2, -0.15) is 0 Å². The molecule has 1 aliphatic heterocycles. The van der Waals surface area contributed by atoms with Crippen molar-refractivity contribution in [3.8, 4) is 0 Å². The molecule has 1 spiro atoms. The van der Waals surface area contributed by atoms with E-state index in [0.717, 1.165) is 11.1 Å². The summed E-state index contributed by atoms with van der Waals surface area (Å²) in [4.78, 5) is 10.9. The van der Waals surface area contributed by atoms with Crippen molar-refractivity contribution in [2.75, 3.05) is 13.2 Å². The fourth-order valence-corrected chi connectivity index (χ4v) is 2.86. The molecule has 0 N–H and O–H groups in total. The molecule has 0 aromatic heterocycles. The van der Waals surface area contributed by atoms with Crippen molar-refractivity contribution < 1.29 is 14.4 Å². The molecule has 1 heterocycles. The van der Waals surface area contributed by atoms with Crippen LogP contribution in [0.15, 0.2) is 24.3 Å². The molecule has 2 aliphatic rings. The lowest BCUT2D eigenvalue weighted by molar-refractivity contribution is -0.530. The Hall–Kier alpha value is -1.46. The molecule has 5 heteroatoms. The van der Waals surface area contributed by atoms with E-state index in [1.165, 1.54) is 0 Å². The van der Waals surface area contributed by atoms with E-state index in [4.69, 9.17) is 9.47 Å². The molecule has 1 aromatic rings. The number of aryl methyl sites for hydroxylation is 1. The van der Waals surface area contributed by atoms with E-state index >= 15 is 0 Å². The first-order valence-electron chi connectivity index (χ1n) is 6.21. The number of nitro groups is 1. The number of nitrogens with zero attached hydrogens (tertiary/aromatic N) is 1. The molecule has 0 amide bonds. The smallest absolute Gasteiger partial charge is 0.219 e. The minimum absolute atomic E-state index is 0.210. The Morgan fingerprint density at radius 1 is 1.28 bits per heavy atom. The summed E-state index contributed by atoms with van der Waals surface area (Å²) in [5, 5.41) is 11.1. The molecule has 1 unspecified atom stereocenters. The van der Waals surface area contributed by atoms with E-state index in [-0.39, 0.29) is 4.92 Å². The summed E-state index contributed by atoms with van der Waals surface area (Å²) in [6.45, 7) is 0.998. The lowest BCUT2D eigenvalue weighted by atomic mass is 9.97. The van der Waals surface area contributed by atoms with Crippen LogP contribution in [0.2, 0.25) is 0 Å². The Balaban J connectivity index is 2.04.